The number of nitrogens with one attached hydrogen (secondary N) is 2. The first-order chi connectivity index (χ1) is 8.76. The third kappa shape index (κ3) is 7.12. The van der Waals surface area contributed by atoms with Crippen LogP contribution < -0.4 is 10.6 Å². The Morgan fingerprint density at radius 3 is 2.74 bits per heavy atom. The van der Waals surface area contributed by atoms with Crippen LogP contribution in [0.25, 0.3) is 0 Å². The number of alkyl carbamates (subject to hydrolysis) is 1. The Kier molecular flexibility index (Phi) is 5.75. The molecule has 5 nitrogen and oxygen atoms in total. The molecule has 0 fully saturated rings. The van der Waals surface area contributed by atoms with Crippen LogP contribution in [0.15, 0.2) is 6.20 Å². The molecule has 0 radical (unpaired) electrons. The van der Waals surface area contributed by atoms with E-state index in [-0.39, 0.29) is 12.1 Å². The van der Waals surface area contributed by atoms with Crippen LogP contribution in [0.2, 0.25) is 0 Å². The molecule has 0 saturated heterocycles. The molecule has 0 bridgehead atoms. The maximum atomic E-state index is 11.5. The van der Waals surface area contributed by atoms with Crippen LogP contribution in [0.4, 0.5) is 4.79 Å². The summed E-state index contributed by atoms with van der Waals surface area (Å²) in [6.07, 6.45) is 1.49. The number of hydrogen-bond acceptors (Lipinski definition) is 5. The van der Waals surface area contributed by atoms with E-state index in [2.05, 4.69) is 15.6 Å². The fourth-order valence-electron chi connectivity index (χ4n) is 1.46. The van der Waals surface area contributed by atoms with Crippen molar-refractivity contribution in [1.29, 1.82) is 0 Å². The Morgan fingerprint density at radius 2 is 2.21 bits per heavy atom. The highest BCUT2D eigenvalue weighted by Crippen LogP contribution is 2.10. The first kappa shape index (κ1) is 15.9. The molecule has 1 aromatic rings. The van der Waals surface area contributed by atoms with Gasteiger partial charge in [0.05, 0.1) is 5.01 Å². The van der Waals surface area contributed by atoms with Crippen molar-refractivity contribution in [1.82, 2.24) is 15.6 Å². The number of carbonyl (C=O) groups is 1. The second-order valence-electron chi connectivity index (χ2n) is 5.52. The van der Waals surface area contributed by atoms with Gasteiger partial charge in [0, 0.05) is 30.2 Å². The smallest absolute Gasteiger partial charge is 0.407 e. The number of carbonyl (C=O) groups excluding carboxylic acids is 1. The normalized spacial score (nSPS) is 13.1. The summed E-state index contributed by atoms with van der Waals surface area (Å²) in [5.41, 5.74) is -0.461. The van der Waals surface area contributed by atoms with Gasteiger partial charge in [0.2, 0.25) is 0 Å². The van der Waals surface area contributed by atoms with Crippen molar-refractivity contribution in [2.24, 2.45) is 0 Å². The second-order valence-corrected chi connectivity index (χ2v) is 6.84. The predicted molar refractivity (Wildman–Crippen MR) is 77.4 cm³/mol. The van der Waals surface area contributed by atoms with Gasteiger partial charge in [-0.3, -0.25) is 0 Å². The molecule has 1 atom stereocenters. The molecule has 0 aromatic carbocycles. The molecule has 0 aliphatic carbocycles. The fraction of sp³-hybridized carbons (Fsp3) is 0.692. The number of hydrogen-bond donors (Lipinski definition) is 2. The Labute approximate surface area is 118 Å². The summed E-state index contributed by atoms with van der Waals surface area (Å²) in [6.45, 7) is 10.9. The van der Waals surface area contributed by atoms with Crippen LogP contribution in [0.3, 0.4) is 0 Å². The molecular formula is C13H23N3O2S. The largest absolute Gasteiger partial charge is 0.444 e. The minimum absolute atomic E-state index is 0.0175. The fourth-order valence-corrected chi connectivity index (χ4v) is 2.22. The summed E-state index contributed by atoms with van der Waals surface area (Å²) in [6, 6.07) is 0.0175. The number of amides is 1. The first-order valence-corrected chi connectivity index (χ1v) is 7.19. The Morgan fingerprint density at radius 1 is 1.53 bits per heavy atom. The topological polar surface area (TPSA) is 63.2 Å². The molecule has 6 heteroatoms. The van der Waals surface area contributed by atoms with Crippen LogP contribution in [-0.4, -0.2) is 29.3 Å². The van der Waals surface area contributed by atoms with E-state index in [4.69, 9.17) is 4.74 Å². The number of rotatable bonds is 5. The van der Waals surface area contributed by atoms with Crippen molar-refractivity contribution in [3.63, 3.8) is 0 Å². The van der Waals surface area contributed by atoms with Crippen LogP contribution in [0.5, 0.6) is 0 Å². The van der Waals surface area contributed by atoms with E-state index in [1.165, 1.54) is 4.88 Å². The molecule has 1 heterocycles. The quantitative estimate of drug-likeness (QED) is 0.872. The predicted octanol–water partition coefficient (Wildman–Crippen LogP) is 2.45. The van der Waals surface area contributed by atoms with Gasteiger partial charge in [-0.2, -0.15) is 0 Å². The summed E-state index contributed by atoms with van der Waals surface area (Å²) in [5, 5.41) is 7.14. The molecule has 1 amide bonds. The Bertz CT molecular complexity index is 412. The second kappa shape index (κ2) is 6.86. The minimum Gasteiger partial charge on any atom is -0.444 e. The number of ether oxygens (including phenoxy) is 1. The zero-order valence-electron chi connectivity index (χ0n) is 12.2. The van der Waals surface area contributed by atoms with E-state index in [1.807, 2.05) is 40.8 Å². The maximum Gasteiger partial charge on any atom is 0.407 e. The van der Waals surface area contributed by atoms with Crippen LogP contribution in [0.1, 0.15) is 37.6 Å². The van der Waals surface area contributed by atoms with E-state index in [0.717, 1.165) is 11.6 Å². The average Bonchev–Trinajstić information content (AvgIpc) is 2.60. The lowest BCUT2D eigenvalue weighted by Crippen LogP contribution is -2.42. The Balaban J connectivity index is 2.21. The lowest BCUT2D eigenvalue weighted by atomic mass is 10.2. The van der Waals surface area contributed by atoms with Gasteiger partial charge in [-0.15, -0.1) is 11.3 Å². The van der Waals surface area contributed by atoms with E-state index >= 15 is 0 Å². The van der Waals surface area contributed by atoms with E-state index in [9.17, 15) is 4.79 Å². The lowest BCUT2D eigenvalue weighted by Gasteiger charge is -2.22. The molecule has 0 saturated carbocycles. The first-order valence-electron chi connectivity index (χ1n) is 6.38. The van der Waals surface area contributed by atoms with Gasteiger partial charge in [-0.05, 0) is 34.6 Å². The summed E-state index contributed by atoms with van der Waals surface area (Å²) in [7, 11) is 0. The third-order valence-electron chi connectivity index (χ3n) is 2.18. The van der Waals surface area contributed by atoms with E-state index in [1.54, 1.807) is 11.3 Å². The zero-order chi connectivity index (χ0) is 14.5. The molecule has 108 valence electrons. The van der Waals surface area contributed by atoms with Crippen LogP contribution in [-0.2, 0) is 11.3 Å². The van der Waals surface area contributed by atoms with E-state index < -0.39 is 5.60 Å². The summed E-state index contributed by atoms with van der Waals surface area (Å²) in [4.78, 5) is 16.9. The summed E-state index contributed by atoms with van der Waals surface area (Å²) < 4.78 is 5.19. The van der Waals surface area contributed by atoms with Gasteiger partial charge in [-0.1, -0.05) is 0 Å². The highest BCUT2D eigenvalue weighted by Gasteiger charge is 2.17. The number of aromatic nitrogens is 1. The molecule has 1 unspecified atom stereocenters. The molecule has 2 N–H and O–H groups in total. The van der Waals surface area contributed by atoms with Crippen LogP contribution in [0, 0.1) is 6.92 Å². The molecule has 1 rings (SSSR count). The van der Waals surface area contributed by atoms with E-state index in [0.29, 0.717) is 6.54 Å². The molecule has 1 aromatic heterocycles. The van der Waals surface area contributed by atoms with Crippen LogP contribution >= 0.6 is 11.3 Å². The van der Waals surface area contributed by atoms with Crippen molar-refractivity contribution in [2.45, 2.75) is 52.8 Å². The van der Waals surface area contributed by atoms with Crippen molar-refractivity contribution in [3.8, 4) is 0 Å². The van der Waals surface area contributed by atoms with Gasteiger partial charge in [0.1, 0.15) is 5.60 Å². The van der Waals surface area contributed by atoms with Crippen molar-refractivity contribution >= 4 is 17.4 Å². The number of thiazole rings is 1. The lowest BCUT2D eigenvalue weighted by molar-refractivity contribution is 0.0508. The molecule has 0 spiro atoms. The van der Waals surface area contributed by atoms with Crippen molar-refractivity contribution < 1.29 is 9.53 Å². The Hall–Kier alpha value is -1.14. The standard InChI is InChI=1S/C13H23N3O2S/c1-9(16-12(17)18-13(3,4)5)6-14-7-11-8-15-10(2)19-11/h8-9,14H,6-7H2,1-5H3,(H,16,17). The molecule has 0 aliphatic heterocycles. The summed E-state index contributed by atoms with van der Waals surface area (Å²) >= 11 is 1.68. The van der Waals surface area contributed by atoms with Crippen molar-refractivity contribution in [3.05, 3.63) is 16.1 Å². The summed E-state index contributed by atoms with van der Waals surface area (Å²) in [5.74, 6) is 0. The molecule has 0 aliphatic rings. The van der Waals surface area contributed by atoms with Gasteiger partial charge in [-0.25, -0.2) is 9.78 Å². The maximum absolute atomic E-state index is 11.5. The highest BCUT2D eigenvalue weighted by atomic mass is 32.1. The third-order valence-corrected chi connectivity index (χ3v) is 3.09. The van der Waals surface area contributed by atoms with Gasteiger partial charge in [0.15, 0.2) is 0 Å². The average molecular weight is 285 g/mol. The molecular weight excluding hydrogens is 262 g/mol. The monoisotopic (exact) mass is 285 g/mol. The van der Waals surface area contributed by atoms with Gasteiger partial charge in [0.25, 0.3) is 0 Å². The van der Waals surface area contributed by atoms with Crippen molar-refractivity contribution in [2.75, 3.05) is 6.54 Å². The SMILES string of the molecule is Cc1ncc(CNCC(C)NC(=O)OC(C)(C)C)s1. The zero-order valence-corrected chi connectivity index (χ0v) is 13.1. The minimum atomic E-state index is -0.461. The highest BCUT2D eigenvalue weighted by molar-refractivity contribution is 7.11. The number of nitrogens with zero attached hydrogens (tertiary/aromatic N) is 1. The molecule has 19 heavy (non-hydrogen) atoms. The van der Waals surface area contributed by atoms with Gasteiger partial charge < -0.3 is 15.4 Å². The van der Waals surface area contributed by atoms with Gasteiger partial charge >= 0.3 is 6.09 Å². The number of aryl methyl sites for hydroxylation is 1.